The number of hydrogen-bond donors (Lipinski definition) is 1. The van der Waals surface area contributed by atoms with Crippen molar-refractivity contribution < 1.29 is 4.74 Å². The Balaban J connectivity index is 1.94. The summed E-state index contributed by atoms with van der Waals surface area (Å²) in [5, 5.41) is 0. The van der Waals surface area contributed by atoms with Crippen molar-refractivity contribution in [2.75, 3.05) is 0 Å². The molecule has 0 bridgehead atoms. The zero-order chi connectivity index (χ0) is 13.7. The van der Waals surface area contributed by atoms with Crippen LogP contribution in [0.25, 0.3) is 0 Å². The van der Waals surface area contributed by atoms with Crippen LogP contribution in [-0.2, 0) is 6.61 Å². The van der Waals surface area contributed by atoms with Gasteiger partial charge in [-0.3, -0.25) is 0 Å². The molecule has 2 rings (SSSR count). The van der Waals surface area contributed by atoms with E-state index in [0.717, 1.165) is 17.7 Å². The van der Waals surface area contributed by atoms with Crippen LogP contribution in [0.3, 0.4) is 0 Å². The van der Waals surface area contributed by atoms with E-state index < -0.39 is 0 Å². The number of benzene rings is 2. The monoisotopic (exact) mass is 367 g/mol. The van der Waals surface area contributed by atoms with Gasteiger partial charge < -0.3 is 10.5 Å². The van der Waals surface area contributed by atoms with E-state index in [9.17, 15) is 0 Å². The Labute approximate surface area is 128 Å². The van der Waals surface area contributed by atoms with Crippen molar-refractivity contribution in [3.05, 3.63) is 63.2 Å². The fraction of sp³-hybridized carbons (Fsp3) is 0.250. The second-order valence-corrected chi connectivity index (χ2v) is 5.74. The molecule has 0 aliphatic heterocycles. The maximum Gasteiger partial charge on any atom is 0.119 e. The van der Waals surface area contributed by atoms with Gasteiger partial charge in [-0.2, -0.15) is 0 Å². The van der Waals surface area contributed by atoms with E-state index in [1.807, 2.05) is 24.3 Å². The third-order valence-electron chi connectivity index (χ3n) is 3.07. The number of hydrogen-bond acceptors (Lipinski definition) is 2. The van der Waals surface area contributed by atoms with Gasteiger partial charge in [0, 0.05) is 9.61 Å². The number of nitrogens with two attached hydrogens (primary N) is 1. The standard InChI is InChI=1S/C16H18INO/c1-2-16(18)13-5-9-15(10-6-13)19-11-12-3-7-14(17)8-4-12/h3-10,16H,2,11,18H2,1H3/t16-/m0/s1. The Morgan fingerprint density at radius 3 is 2.26 bits per heavy atom. The minimum absolute atomic E-state index is 0.116. The third kappa shape index (κ3) is 4.21. The van der Waals surface area contributed by atoms with Gasteiger partial charge in [0.2, 0.25) is 0 Å². The highest BCUT2D eigenvalue weighted by Crippen LogP contribution is 2.19. The predicted octanol–water partition coefficient (Wildman–Crippen LogP) is 4.28. The molecule has 0 aliphatic rings. The molecule has 1 atom stereocenters. The Morgan fingerprint density at radius 2 is 1.68 bits per heavy atom. The van der Waals surface area contributed by atoms with Crippen LogP contribution in [0.4, 0.5) is 0 Å². The quantitative estimate of drug-likeness (QED) is 0.801. The normalized spacial score (nSPS) is 12.2. The number of ether oxygens (including phenoxy) is 1. The maximum absolute atomic E-state index is 5.98. The molecule has 0 saturated heterocycles. The smallest absolute Gasteiger partial charge is 0.119 e. The van der Waals surface area contributed by atoms with E-state index in [-0.39, 0.29) is 6.04 Å². The van der Waals surface area contributed by atoms with Crippen LogP contribution < -0.4 is 10.5 Å². The lowest BCUT2D eigenvalue weighted by Crippen LogP contribution is -2.08. The van der Waals surface area contributed by atoms with Gasteiger partial charge in [0.05, 0.1) is 0 Å². The van der Waals surface area contributed by atoms with Crippen LogP contribution >= 0.6 is 22.6 Å². The van der Waals surface area contributed by atoms with Crippen molar-refractivity contribution in [2.24, 2.45) is 5.73 Å². The Kier molecular flexibility index (Phi) is 5.22. The van der Waals surface area contributed by atoms with Gasteiger partial charge in [-0.1, -0.05) is 31.2 Å². The van der Waals surface area contributed by atoms with Crippen LogP contribution in [-0.4, -0.2) is 0 Å². The average molecular weight is 367 g/mol. The van der Waals surface area contributed by atoms with Gasteiger partial charge in [-0.05, 0) is 64.4 Å². The van der Waals surface area contributed by atoms with Crippen LogP contribution in [0.2, 0.25) is 0 Å². The summed E-state index contributed by atoms with van der Waals surface area (Å²) in [6, 6.07) is 16.5. The maximum atomic E-state index is 5.98. The number of rotatable bonds is 5. The summed E-state index contributed by atoms with van der Waals surface area (Å²) in [6.07, 6.45) is 0.947. The van der Waals surface area contributed by atoms with Crippen molar-refractivity contribution in [1.29, 1.82) is 0 Å². The Hall–Kier alpha value is -1.07. The predicted molar refractivity (Wildman–Crippen MR) is 87.2 cm³/mol. The largest absolute Gasteiger partial charge is 0.489 e. The molecule has 0 radical (unpaired) electrons. The molecular formula is C16H18INO. The summed E-state index contributed by atoms with van der Waals surface area (Å²) < 4.78 is 6.99. The molecule has 0 amide bonds. The SMILES string of the molecule is CC[C@H](N)c1ccc(OCc2ccc(I)cc2)cc1. The van der Waals surface area contributed by atoms with E-state index in [2.05, 4.69) is 53.8 Å². The molecule has 2 nitrogen and oxygen atoms in total. The van der Waals surface area contributed by atoms with Crippen LogP contribution in [0.5, 0.6) is 5.75 Å². The first-order chi connectivity index (χ1) is 9.19. The molecule has 3 heteroatoms. The Morgan fingerprint density at radius 1 is 1.05 bits per heavy atom. The third-order valence-corrected chi connectivity index (χ3v) is 3.79. The van der Waals surface area contributed by atoms with Gasteiger partial charge >= 0.3 is 0 Å². The molecule has 0 unspecified atom stereocenters. The number of halogens is 1. The highest BCUT2D eigenvalue weighted by Gasteiger charge is 2.03. The minimum atomic E-state index is 0.116. The van der Waals surface area contributed by atoms with Gasteiger partial charge in [0.1, 0.15) is 12.4 Å². The van der Waals surface area contributed by atoms with Crippen molar-refractivity contribution in [1.82, 2.24) is 0 Å². The van der Waals surface area contributed by atoms with E-state index >= 15 is 0 Å². The van der Waals surface area contributed by atoms with E-state index in [1.165, 1.54) is 9.13 Å². The molecule has 0 fully saturated rings. The zero-order valence-electron chi connectivity index (χ0n) is 11.0. The molecular weight excluding hydrogens is 349 g/mol. The molecule has 0 aromatic heterocycles. The van der Waals surface area contributed by atoms with Crippen molar-refractivity contribution >= 4 is 22.6 Å². The summed E-state index contributed by atoms with van der Waals surface area (Å²) in [5.41, 5.74) is 8.31. The van der Waals surface area contributed by atoms with Crippen molar-refractivity contribution in [2.45, 2.75) is 26.0 Å². The van der Waals surface area contributed by atoms with Gasteiger partial charge in [-0.15, -0.1) is 0 Å². The summed E-state index contributed by atoms with van der Waals surface area (Å²) in [4.78, 5) is 0. The lowest BCUT2D eigenvalue weighted by molar-refractivity contribution is 0.306. The fourth-order valence-electron chi connectivity index (χ4n) is 1.79. The van der Waals surface area contributed by atoms with E-state index in [4.69, 9.17) is 10.5 Å². The van der Waals surface area contributed by atoms with Crippen LogP contribution in [0.1, 0.15) is 30.5 Å². The minimum Gasteiger partial charge on any atom is -0.489 e. The second-order valence-electron chi connectivity index (χ2n) is 4.50. The summed E-state index contributed by atoms with van der Waals surface area (Å²) in [6.45, 7) is 2.68. The van der Waals surface area contributed by atoms with Crippen LogP contribution in [0, 0.1) is 3.57 Å². The first-order valence-corrected chi connectivity index (χ1v) is 7.49. The molecule has 2 aromatic carbocycles. The average Bonchev–Trinajstić information content (AvgIpc) is 2.46. The summed E-state index contributed by atoms with van der Waals surface area (Å²) >= 11 is 2.30. The van der Waals surface area contributed by atoms with Gasteiger partial charge in [0.25, 0.3) is 0 Å². The topological polar surface area (TPSA) is 35.2 Å². The highest BCUT2D eigenvalue weighted by molar-refractivity contribution is 14.1. The molecule has 2 aromatic rings. The summed E-state index contributed by atoms with van der Waals surface area (Å²) in [5.74, 6) is 0.880. The molecule has 0 saturated carbocycles. The van der Waals surface area contributed by atoms with Crippen molar-refractivity contribution in [3.63, 3.8) is 0 Å². The van der Waals surface area contributed by atoms with Crippen LogP contribution in [0.15, 0.2) is 48.5 Å². The van der Waals surface area contributed by atoms with Crippen molar-refractivity contribution in [3.8, 4) is 5.75 Å². The summed E-state index contributed by atoms with van der Waals surface area (Å²) in [7, 11) is 0. The fourth-order valence-corrected chi connectivity index (χ4v) is 2.15. The lowest BCUT2D eigenvalue weighted by atomic mass is 10.1. The first-order valence-electron chi connectivity index (χ1n) is 6.42. The van der Waals surface area contributed by atoms with E-state index in [1.54, 1.807) is 0 Å². The van der Waals surface area contributed by atoms with E-state index in [0.29, 0.717) is 6.61 Å². The first kappa shape index (κ1) is 14.3. The molecule has 0 heterocycles. The molecule has 0 aliphatic carbocycles. The molecule has 2 N–H and O–H groups in total. The molecule has 19 heavy (non-hydrogen) atoms. The highest BCUT2D eigenvalue weighted by atomic mass is 127. The van der Waals surface area contributed by atoms with Gasteiger partial charge in [-0.25, -0.2) is 0 Å². The van der Waals surface area contributed by atoms with Gasteiger partial charge in [0.15, 0.2) is 0 Å². The second kappa shape index (κ2) is 6.91. The lowest BCUT2D eigenvalue weighted by Gasteiger charge is -2.11. The molecule has 100 valence electrons. The zero-order valence-corrected chi connectivity index (χ0v) is 13.1. The molecule has 0 spiro atoms. The Bertz CT molecular complexity index is 507.